The van der Waals surface area contributed by atoms with Gasteiger partial charge in [0, 0.05) is 13.0 Å². The molecule has 16 heavy (non-hydrogen) atoms. The van der Waals surface area contributed by atoms with Crippen LogP contribution in [-0.2, 0) is 4.79 Å². The van der Waals surface area contributed by atoms with Gasteiger partial charge in [0.1, 0.15) is 0 Å². The molecule has 2 rings (SSSR count). The van der Waals surface area contributed by atoms with Crippen LogP contribution >= 0.6 is 0 Å². The third-order valence-electron chi connectivity index (χ3n) is 4.38. The molecule has 4 atom stereocenters. The lowest BCUT2D eigenvalue weighted by atomic mass is 9.86. The minimum absolute atomic E-state index is 0.234. The monoisotopic (exact) mass is 224 g/mol. The van der Waals surface area contributed by atoms with Crippen molar-refractivity contribution in [1.82, 2.24) is 5.32 Å². The number of hydrogen-bond acceptors (Lipinski definition) is 2. The van der Waals surface area contributed by atoms with Crippen molar-refractivity contribution >= 4 is 5.91 Å². The first-order valence-corrected chi connectivity index (χ1v) is 6.65. The summed E-state index contributed by atoms with van der Waals surface area (Å²) < 4.78 is 0. The molecule has 2 aliphatic rings. The van der Waals surface area contributed by atoms with Gasteiger partial charge in [0.2, 0.25) is 5.91 Å². The van der Waals surface area contributed by atoms with Crippen LogP contribution in [0.5, 0.6) is 0 Å². The van der Waals surface area contributed by atoms with E-state index in [1.807, 2.05) is 0 Å². The topological polar surface area (TPSA) is 55.1 Å². The molecule has 3 nitrogen and oxygen atoms in total. The molecule has 0 aromatic carbocycles. The van der Waals surface area contributed by atoms with Gasteiger partial charge in [-0.1, -0.05) is 13.3 Å². The zero-order valence-electron chi connectivity index (χ0n) is 10.2. The van der Waals surface area contributed by atoms with Crippen molar-refractivity contribution < 1.29 is 4.79 Å². The summed E-state index contributed by atoms with van der Waals surface area (Å²) in [7, 11) is 0. The molecule has 92 valence electrons. The lowest BCUT2D eigenvalue weighted by Gasteiger charge is -2.21. The van der Waals surface area contributed by atoms with Crippen molar-refractivity contribution in [2.75, 3.05) is 13.1 Å². The molecule has 0 spiro atoms. The molecule has 0 radical (unpaired) electrons. The lowest BCUT2D eigenvalue weighted by Crippen LogP contribution is -2.33. The fourth-order valence-corrected chi connectivity index (χ4v) is 3.31. The maximum atomic E-state index is 11.7. The average molecular weight is 224 g/mol. The first-order valence-electron chi connectivity index (χ1n) is 6.65. The molecule has 0 heterocycles. The summed E-state index contributed by atoms with van der Waals surface area (Å²) in [6.45, 7) is 3.45. The zero-order valence-corrected chi connectivity index (χ0v) is 10.2. The Morgan fingerprint density at radius 2 is 2.25 bits per heavy atom. The fraction of sp³-hybridized carbons (Fsp3) is 0.923. The highest BCUT2D eigenvalue weighted by Gasteiger charge is 2.39. The molecule has 3 N–H and O–H groups in total. The Labute approximate surface area is 98.2 Å². The van der Waals surface area contributed by atoms with Gasteiger partial charge >= 0.3 is 0 Å². The number of amides is 1. The van der Waals surface area contributed by atoms with E-state index in [1.165, 1.54) is 25.7 Å². The van der Waals surface area contributed by atoms with Crippen molar-refractivity contribution in [3.8, 4) is 0 Å². The van der Waals surface area contributed by atoms with Crippen LogP contribution in [0.3, 0.4) is 0 Å². The van der Waals surface area contributed by atoms with E-state index in [2.05, 4.69) is 12.2 Å². The number of carbonyl (C=O) groups is 1. The number of nitrogens with two attached hydrogens (primary N) is 1. The standard InChI is InChI=1S/C13H24N2O/c1-9(7-14)8-15-13(16)6-12-5-10-2-3-11(12)4-10/h9-12H,2-8,14H2,1H3,(H,15,16). The van der Waals surface area contributed by atoms with Gasteiger partial charge in [0.05, 0.1) is 0 Å². The molecule has 2 aliphatic carbocycles. The number of fused-ring (bicyclic) bond motifs is 2. The van der Waals surface area contributed by atoms with E-state index in [0.717, 1.165) is 24.8 Å². The lowest BCUT2D eigenvalue weighted by molar-refractivity contribution is -0.122. The summed E-state index contributed by atoms with van der Waals surface area (Å²) in [4.78, 5) is 11.7. The molecule has 0 aromatic heterocycles. The van der Waals surface area contributed by atoms with Crippen molar-refractivity contribution in [2.24, 2.45) is 29.4 Å². The molecule has 0 saturated heterocycles. The summed E-state index contributed by atoms with van der Waals surface area (Å²) in [6, 6.07) is 0. The molecule has 2 saturated carbocycles. The van der Waals surface area contributed by atoms with Crippen LogP contribution in [0.1, 0.15) is 39.0 Å². The first-order chi connectivity index (χ1) is 7.69. The largest absolute Gasteiger partial charge is 0.356 e. The van der Waals surface area contributed by atoms with E-state index in [9.17, 15) is 4.79 Å². The Morgan fingerprint density at radius 1 is 1.44 bits per heavy atom. The summed E-state index contributed by atoms with van der Waals surface area (Å²) >= 11 is 0. The van der Waals surface area contributed by atoms with Gasteiger partial charge in [0.25, 0.3) is 0 Å². The van der Waals surface area contributed by atoms with E-state index >= 15 is 0 Å². The van der Waals surface area contributed by atoms with Gasteiger partial charge < -0.3 is 11.1 Å². The molecule has 0 aromatic rings. The highest BCUT2D eigenvalue weighted by molar-refractivity contribution is 5.76. The van der Waals surface area contributed by atoms with Gasteiger partial charge in [-0.05, 0) is 49.5 Å². The van der Waals surface area contributed by atoms with E-state index in [0.29, 0.717) is 18.4 Å². The highest BCUT2D eigenvalue weighted by Crippen LogP contribution is 2.49. The second-order valence-corrected chi connectivity index (χ2v) is 5.78. The zero-order chi connectivity index (χ0) is 11.5. The Kier molecular flexibility index (Phi) is 3.85. The predicted octanol–water partition coefficient (Wildman–Crippen LogP) is 1.52. The number of nitrogens with one attached hydrogen (secondary N) is 1. The van der Waals surface area contributed by atoms with E-state index in [-0.39, 0.29) is 5.91 Å². The van der Waals surface area contributed by atoms with Crippen molar-refractivity contribution in [1.29, 1.82) is 0 Å². The van der Waals surface area contributed by atoms with Crippen LogP contribution in [0.2, 0.25) is 0 Å². The Bertz CT molecular complexity index is 254. The van der Waals surface area contributed by atoms with Crippen LogP contribution < -0.4 is 11.1 Å². The number of rotatable bonds is 5. The summed E-state index contributed by atoms with van der Waals surface area (Å²) in [6.07, 6.45) is 6.20. The van der Waals surface area contributed by atoms with Gasteiger partial charge in [0.15, 0.2) is 0 Å². The summed E-state index contributed by atoms with van der Waals surface area (Å²) in [5.41, 5.74) is 5.52. The average Bonchev–Trinajstić information content (AvgIpc) is 2.87. The maximum absolute atomic E-state index is 11.7. The highest BCUT2D eigenvalue weighted by atomic mass is 16.1. The van der Waals surface area contributed by atoms with Crippen LogP contribution in [0.4, 0.5) is 0 Å². The van der Waals surface area contributed by atoms with Crippen molar-refractivity contribution in [2.45, 2.75) is 39.0 Å². The second kappa shape index (κ2) is 5.17. The molecule has 1 amide bonds. The summed E-state index contributed by atoms with van der Waals surface area (Å²) in [5, 5.41) is 3.00. The number of carbonyl (C=O) groups excluding carboxylic acids is 1. The van der Waals surface area contributed by atoms with Gasteiger partial charge in [-0.25, -0.2) is 0 Å². The number of hydrogen-bond donors (Lipinski definition) is 2. The van der Waals surface area contributed by atoms with Gasteiger partial charge in [-0.3, -0.25) is 4.79 Å². The molecule has 0 aliphatic heterocycles. The molecular weight excluding hydrogens is 200 g/mol. The van der Waals surface area contributed by atoms with Crippen molar-refractivity contribution in [3.63, 3.8) is 0 Å². The third-order valence-corrected chi connectivity index (χ3v) is 4.38. The predicted molar refractivity (Wildman–Crippen MR) is 64.8 cm³/mol. The summed E-state index contributed by atoms with van der Waals surface area (Å²) in [5.74, 6) is 3.09. The van der Waals surface area contributed by atoms with Crippen LogP contribution in [-0.4, -0.2) is 19.0 Å². The van der Waals surface area contributed by atoms with Gasteiger partial charge in [-0.15, -0.1) is 0 Å². The quantitative estimate of drug-likeness (QED) is 0.744. The molecule has 2 bridgehead atoms. The Hall–Kier alpha value is -0.570. The maximum Gasteiger partial charge on any atom is 0.220 e. The molecule has 3 heteroatoms. The minimum atomic E-state index is 0.234. The SMILES string of the molecule is CC(CN)CNC(=O)CC1CC2CCC1C2. The van der Waals surface area contributed by atoms with Crippen molar-refractivity contribution in [3.05, 3.63) is 0 Å². The molecule has 2 fully saturated rings. The van der Waals surface area contributed by atoms with Crippen LogP contribution in [0.25, 0.3) is 0 Å². The van der Waals surface area contributed by atoms with E-state index in [4.69, 9.17) is 5.73 Å². The third kappa shape index (κ3) is 2.76. The Balaban J connectivity index is 1.67. The van der Waals surface area contributed by atoms with E-state index in [1.54, 1.807) is 0 Å². The smallest absolute Gasteiger partial charge is 0.220 e. The second-order valence-electron chi connectivity index (χ2n) is 5.78. The fourth-order valence-electron chi connectivity index (χ4n) is 3.31. The minimum Gasteiger partial charge on any atom is -0.356 e. The van der Waals surface area contributed by atoms with Crippen LogP contribution in [0, 0.1) is 23.7 Å². The van der Waals surface area contributed by atoms with Crippen LogP contribution in [0.15, 0.2) is 0 Å². The molecule has 4 unspecified atom stereocenters. The van der Waals surface area contributed by atoms with E-state index < -0.39 is 0 Å². The molecular formula is C13H24N2O. The van der Waals surface area contributed by atoms with Gasteiger partial charge in [-0.2, -0.15) is 0 Å². The Morgan fingerprint density at radius 3 is 2.81 bits per heavy atom. The normalized spacial score (nSPS) is 34.0. The first kappa shape index (κ1) is 11.9.